The van der Waals surface area contributed by atoms with E-state index in [0.29, 0.717) is 25.3 Å². The van der Waals surface area contributed by atoms with Crippen LogP contribution in [0.5, 0.6) is 0 Å². The van der Waals surface area contributed by atoms with Crippen LogP contribution in [0, 0.1) is 5.92 Å². The topological polar surface area (TPSA) is 46.6 Å². The number of carbonyl (C=O) groups is 2. The SMILES string of the molecule is CCOC(=O)C1CCCN(C(=O)c2ccc(CSC)cc2)C1. The van der Waals surface area contributed by atoms with Gasteiger partial charge in [-0.05, 0) is 43.7 Å². The van der Waals surface area contributed by atoms with Crippen LogP contribution in [0.2, 0.25) is 0 Å². The predicted molar refractivity (Wildman–Crippen MR) is 88.9 cm³/mol. The molecule has 0 saturated carbocycles. The van der Waals surface area contributed by atoms with E-state index in [-0.39, 0.29) is 17.8 Å². The highest BCUT2D eigenvalue weighted by atomic mass is 32.2. The van der Waals surface area contributed by atoms with Crippen LogP contribution in [0.1, 0.15) is 35.7 Å². The lowest BCUT2D eigenvalue weighted by molar-refractivity contribution is -0.149. The number of hydrogen-bond acceptors (Lipinski definition) is 4. The molecule has 0 spiro atoms. The van der Waals surface area contributed by atoms with Crippen molar-refractivity contribution in [2.45, 2.75) is 25.5 Å². The summed E-state index contributed by atoms with van der Waals surface area (Å²) >= 11 is 1.76. The van der Waals surface area contributed by atoms with Crippen LogP contribution in [0.3, 0.4) is 0 Å². The summed E-state index contributed by atoms with van der Waals surface area (Å²) in [7, 11) is 0. The van der Waals surface area contributed by atoms with E-state index < -0.39 is 0 Å². The van der Waals surface area contributed by atoms with Gasteiger partial charge in [0.25, 0.3) is 5.91 Å². The van der Waals surface area contributed by atoms with Crippen molar-refractivity contribution in [3.05, 3.63) is 35.4 Å². The van der Waals surface area contributed by atoms with Gasteiger partial charge in [0.05, 0.1) is 12.5 Å². The molecule has 1 aromatic carbocycles. The molecule has 1 atom stereocenters. The molecule has 0 aliphatic carbocycles. The molecule has 0 bridgehead atoms. The number of amides is 1. The molecule has 1 fully saturated rings. The summed E-state index contributed by atoms with van der Waals surface area (Å²) in [6.07, 6.45) is 3.71. The van der Waals surface area contributed by atoms with Crippen molar-refractivity contribution >= 4 is 23.6 Å². The first-order valence-corrected chi connectivity index (χ1v) is 9.09. The number of rotatable bonds is 5. The molecule has 1 saturated heterocycles. The summed E-state index contributed by atoms with van der Waals surface area (Å²) in [4.78, 5) is 26.2. The van der Waals surface area contributed by atoms with Crippen molar-refractivity contribution in [2.75, 3.05) is 26.0 Å². The number of carbonyl (C=O) groups excluding carboxylic acids is 2. The summed E-state index contributed by atoms with van der Waals surface area (Å²) in [5.41, 5.74) is 1.90. The van der Waals surface area contributed by atoms with Gasteiger partial charge in [0.2, 0.25) is 0 Å². The second-order valence-electron chi connectivity index (χ2n) is 5.47. The third kappa shape index (κ3) is 4.26. The molecule has 1 heterocycles. The van der Waals surface area contributed by atoms with Crippen LogP contribution < -0.4 is 0 Å². The van der Waals surface area contributed by atoms with Crippen LogP contribution >= 0.6 is 11.8 Å². The molecule has 0 radical (unpaired) electrons. The monoisotopic (exact) mass is 321 g/mol. The fourth-order valence-electron chi connectivity index (χ4n) is 2.71. The number of benzene rings is 1. The van der Waals surface area contributed by atoms with Gasteiger partial charge in [-0.2, -0.15) is 11.8 Å². The molecular formula is C17H23NO3S. The zero-order chi connectivity index (χ0) is 15.9. The normalized spacial score (nSPS) is 18.1. The molecule has 120 valence electrons. The second kappa shape index (κ2) is 8.22. The summed E-state index contributed by atoms with van der Waals surface area (Å²) in [5, 5.41) is 0. The zero-order valence-corrected chi connectivity index (χ0v) is 14.0. The van der Waals surface area contributed by atoms with E-state index in [9.17, 15) is 9.59 Å². The van der Waals surface area contributed by atoms with Crippen molar-refractivity contribution in [1.82, 2.24) is 4.90 Å². The van der Waals surface area contributed by atoms with E-state index in [1.54, 1.807) is 23.6 Å². The van der Waals surface area contributed by atoms with E-state index in [1.807, 2.05) is 24.3 Å². The minimum Gasteiger partial charge on any atom is -0.466 e. The summed E-state index contributed by atoms with van der Waals surface area (Å²) in [5.74, 6) is 0.580. The maximum Gasteiger partial charge on any atom is 0.310 e. The van der Waals surface area contributed by atoms with Crippen LogP contribution in [0.25, 0.3) is 0 Å². The number of likely N-dealkylation sites (tertiary alicyclic amines) is 1. The van der Waals surface area contributed by atoms with Gasteiger partial charge in [-0.15, -0.1) is 0 Å². The van der Waals surface area contributed by atoms with Crippen LogP contribution in [-0.2, 0) is 15.3 Å². The van der Waals surface area contributed by atoms with Crippen LogP contribution in [0.15, 0.2) is 24.3 Å². The highest BCUT2D eigenvalue weighted by molar-refractivity contribution is 7.97. The van der Waals surface area contributed by atoms with Crippen molar-refractivity contribution in [3.8, 4) is 0 Å². The van der Waals surface area contributed by atoms with Crippen molar-refractivity contribution in [3.63, 3.8) is 0 Å². The molecule has 1 aliphatic heterocycles. The average Bonchev–Trinajstić information content (AvgIpc) is 2.55. The number of esters is 1. The maximum atomic E-state index is 12.6. The Labute approximate surface area is 136 Å². The highest BCUT2D eigenvalue weighted by Gasteiger charge is 2.29. The van der Waals surface area contributed by atoms with Gasteiger partial charge in [0, 0.05) is 24.4 Å². The fraction of sp³-hybridized carbons (Fsp3) is 0.529. The third-order valence-corrected chi connectivity index (χ3v) is 4.46. The van der Waals surface area contributed by atoms with Gasteiger partial charge < -0.3 is 9.64 Å². The first-order valence-electron chi connectivity index (χ1n) is 7.69. The van der Waals surface area contributed by atoms with E-state index in [2.05, 4.69) is 6.26 Å². The Morgan fingerprint density at radius 2 is 2.05 bits per heavy atom. The minimum absolute atomic E-state index is 0.00435. The van der Waals surface area contributed by atoms with E-state index in [0.717, 1.165) is 18.6 Å². The number of hydrogen-bond donors (Lipinski definition) is 0. The molecule has 1 aliphatic rings. The van der Waals surface area contributed by atoms with Gasteiger partial charge >= 0.3 is 5.97 Å². The van der Waals surface area contributed by atoms with Crippen LogP contribution in [0.4, 0.5) is 0 Å². The molecule has 1 unspecified atom stereocenters. The number of thioether (sulfide) groups is 1. The third-order valence-electron chi connectivity index (χ3n) is 3.84. The van der Waals surface area contributed by atoms with Gasteiger partial charge in [-0.25, -0.2) is 0 Å². The molecule has 4 nitrogen and oxygen atoms in total. The summed E-state index contributed by atoms with van der Waals surface area (Å²) in [6, 6.07) is 7.75. The molecular weight excluding hydrogens is 298 g/mol. The molecule has 1 aromatic rings. The smallest absolute Gasteiger partial charge is 0.310 e. The van der Waals surface area contributed by atoms with Crippen molar-refractivity contribution in [1.29, 1.82) is 0 Å². The zero-order valence-electron chi connectivity index (χ0n) is 13.2. The van der Waals surface area contributed by atoms with Crippen molar-refractivity contribution < 1.29 is 14.3 Å². The average molecular weight is 321 g/mol. The molecule has 5 heteroatoms. The number of piperidine rings is 1. The van der Waals surface area contributed by atoms with Crippen molar-refractivity contribution in [2.24, 2.45) is 5.92 Å². The number of nitrogens with zero attached hydrogens (tertiary/aromatic N) is 1. The Balaban J connectivity index is 2.00. The van der Waals surface area contributed by atoms with Gasteiger partial charge in [0.1, 0.15) is 0 Å². The lowest BCUT2D eigenvalue weighted by Crippen LogP contribution is -2.42. The molecule has 0 aromatic heterocycles. The fourth-order valence-corrected chi connectivity index (χ4v) is 3.23. The van der Waals surface area contributed by atoms with E-state index in [1.165, 1.54) is 5.56 Å². The minimum atomic E-state index is -0.187. The van der Waals surface area contributed by atoms with Gasteiger partial charge in [-0.3, -0.25) is 9.59 Å². The van der Waals surface area contributed by atoms with E-state index in [4.69, 9.17) is 4.74 Å². The second-order valence-corrected chi connectivity index (χ2v) is 6.34. The Morgan fingerprint density at radius 1 is 1.32 bits per heavy atom. The predicted octanol–water partition coefficient (Wildman–Crippen LogP) is 2.96. The van der Waals surface area contributed by atoms with Gasteiger partial charge in [0.15, 0.2) is 0 Å². The summed E-state index contributed by atoms with van der Waals surface area (Å²) < 4.78 is 5.08. The van der Waals surface area contributed by atoms with E-state index >= 15 is 0 Å². The molecule has 22 heavy (non-hydrogen) atoms. The quantitative estimate of drug-likeness (QED) is 0.782. The van der Waals surface area contributed by atoms with Gasteiger partial charge in [-0.1, -0.05) is 12.1 Å². The highest BCUT2D eigenvalue weighted by Crippen LogP contribution is 2.20. The lowest BCUT2D eigenvalue weighted by Gasteiger charge is -2.31. The lowest BCUT2D eigenvalue weighted by atomic mass is 9.97. The Hall–Kier alpha value is -1.49. The Bertz CT molecular complexity index is 515. The molecule has 0 N–H and O–H groups in total. The Kier molecular flexibility index (Phi) is 6.31. The molecule has 1 amide bonds. The largest absolute Gasteiger partial charge is 0.466 e. The maximum absolute atomic E-state index is 12.6. The standard InChI is InChI=1S/C17H23NO3S/c1-3-21-17(20)15-5-4-10-18(11-15)16(19)14-8-6-13(7-9-14)12-22-2/h6-9,15H,3-5,10-12H2,1-2H3. The first kappa shape index (κ1) is 16.9. The van der Waals surface area contributed by atoms with Crippen LogP contribution in [-0.4, -0.2) is 42.7 Å². The Morgan fingerprint density at radius 3 is 2.68 bits per heavy atom. The number of ether oxygens (including phenoxy) is 1. The summed E-state index contributed by atoms with van der Waals surface area (Å²) in [6.45, 7) is 3.37. The molecule has 2 rings (SSSR count). The first-order chi connectivity index (χ1) is 10.7.